The van der Waals surface area contributed by atoms with Gasteiger partial charge in [-0.2, -0.15) is 0 Å². The van der Waals surface area contributed by atoms with E-state index in [9.17, 15) is 0 Å². The second kappa shape index (κ2) is 5.47. The summed E-state index contributed by atoms with van der Waals surface area (Å²) in [6.07, 6.45) is 6.27. The number of fused-ring (bicyclic) bond motifs is 1. The van der Waals surface area contributed by atoms with Gasteiger partial charge in [0.15, 0.2) is 0 Å². The van der Waals surface area contributed by atoms with Crippen molar-refractivity contribution >= 4 is 54.5 Å². The van der Waals surface area contributed by atoms with Gasteiger partial charge in [0.1, 0.15) is 5.01 Å². The molecule has 1 saturated carbocycles. The highest BCUT2D eigenvalue weighted by molar-refractivity contribution is 9.13. The number of nitrogens with zero attached hydrogens (tertiary/aromatic N) is 1. The van der Waals surface area contributed by atoms with E-state index in [1.165, 1.54) is 56.3 Å². The van der Waals surface area contributed by atoms with Crippen molar-refractivity contribution in [2.45, 2.75) is 44.2 Å². The van der Waals surface area contributed by atoms with Gasteiger partial charge in [0.05, 0.1) is 15.5 Å². The molecule has 0 saturated heterocycles. The average molecular weight is 434 g/mol. The Morgan fingerprint density at radius 2 is 2.10 bits per heavy atom. The van der Waals surface area contributed by atoms with Crippen LogP contribution in [0.15, 0.2) is 14.3 Å². The van der Waals surface area contributed by atoms with Crippen LogP contribution in [0, 0.1) is 0 Å². The fraction of sp³-hybridized carbons (Fsp3) is 0.500. The first kappa shape index (κ1) is 13.9. The van der Waals surface area contributed by atoms with Crippen LogP contribution in [0.2, 0.25) is 0 Å². The lowest BCUT2D eigenvalue weighted by molar-refractivity contribution is 0.604. The molecule has 1 unspecified atom stereocenters. The lowest BCUT2D eigenvalue weighted by atomic mass is 10.2. The summed E-state index contributed by atoms with van der Waals surface area (Å²) in [5, 5.41) is 5.02. The number of halogens is 2. The number of aryl methyl sites for hydroxylation is 2. The number of aromatic nitrogens is 1. The molecule has 2 aromatic rings. The zero-order valence-corrected chi connectivity index (χ0v) is 15.6. The maximum absolute atomic E-state index is 4.92. The Bertz CT molecular complexity index is 605. The van der Waals surface area contributed by atoms with Crippen LogP contribution in [0.1, 0.15) is 45.8 Å². The number of hydrogen-bond acceptors (Lipinski definition) is 4. The lowest BCUT2D eigenvalue weighted by Crippen LogP contribution is -2.23. The summed E-state index contributed by atoms with van der Waals surface area (Å²) in [6.45, 7) is 0. The predicted octanol–water partition coefficient (Wildman–Crippen LogP) is 5.06. The summed E-state index contributed by atoms with van der Waals surface area (Å²) in [4.78, 5) is 7.78. The molecule has 106 valence electrons. The van der Waals surface area contributed by atoms with Crippen molar-refractivity contribution in [3.8, 4) is 0 Å². The van der Waals surface area contributed by atoms with Crippen molar-refractivity contribution in [1.29, 1.82) is 0 Å². The molecule has 2 heterocycles. The molecule has 2 aliphatic carbocycles. The molecular formula is C14H14Br2N2S2. The first-order valence-electron chi connectivity index (χ1n) is 6.90. The van der Waals surface area contributed by atoms with Crippen molar-refractivity contribution in [2.75, 3.05) is 0 Å². The summed E-state index contributed by atoms with van der Waals surface area (Å²) in [5.41, 5.74) is 1.35. The molecule has 2 aliphatic rings. The minimum Gasteiger partial charge on any atom is -0.301 e. The normalized spacial score (nSPS) is 19.3. The smallest absolute Gasteiger partial charge is 0.116 e. The fourth-order valence-corrected chi connectivity index (χ4v) is 6.06. The zero-order chi connectivity index (χ0) is 13.7. The van der Waals surface area contributed by atoms with Gasteiger partial charge in [0, 0.05) is 20.3 Å². The lowest BCUT2D eigenvalue weighted by Gasteiger charge is -2.14. The van der Waals surface area contributed by atoms with Gasteiger partial charge in [-0.15, -0.1) is 22.7 Å². The number of hydrogen-bond donors (Lipinski definition) is 1. The van der Waals surface area contributed by atoms with Crippen LogP contribution >= 0.6 is 54.5 Å². The van der Waals surface area contributed by atoms with Crippen molar-refractivity contribution in [3.63, 3.8) is 0 Å². The molecule has 0 radical (unpaired) electrons. The van der Waals surface area contributed by atoms with Crippen LogP contribution in [0.25, 0.3) is 0 Å². The summed E-state index contributed by atoms with van der Waals surface area (Å²) in [6, 6.07) is 3.17. The fourth-order valence-electron chi connectivity index (χ4n) is 2.60. The maximum Gasteiger partial charge on any atom is 0.116 e. The molecule has 0 aromatic carbocycles. The molecule has 0 spiro atoms. The number of nitrogens with one attached hydrogen (secondary N) is 1. The standard InChI is InChI=1S/C14H14Br2N2S2/c15-8-6-11(19-13(8)16)12(17-7-4-5-7)14-18-9-2-1-3-10(9)20-14/h6-7,12,17H,1-5H2. The third-order valence-corrected chi connectivity index (χ3v) is 8.33. The Morgan fingerprint density at radius 3 is 2.75 bits per heavy atom. The van der Waals surface area contributed by atoms with Gasteiger partial charge in [-0.1, -0.05) is 0 Å². The molecule has 2 aromatic heterocycles. The minimum absolute atomic E-state index is 0.269. The van der Waals surface area contributed by atoms with E-state index in [0.717, 1.165) is 4.47 Å². The third kappa shape index (κ3) is 2.65. The van der Waals surface area contributed by atoms with E-state index in [2.05, 4.69) is 43.2 Å². The van der Waals surface area contributed by atoms with Crippen molar-refractivity contribution < 1.29 is 0 Å². The summed E-state index contributed by atoms with van der Waals surface area (Å²) in [5.74, 6) is 0. The number of thiazole rings is 1. The van der Waals surface area contributed by atoms with E-state index in [4.69, 9.17) is 4.98 Å². The van der Waals surface area contributed by atoms with Gasteiger partial charge < -0.3 is 5.32 Å². The third-order valence-electron chi connectivity index (χ3n) is 3.79. The van der Waals surface area contributed by atoms with Gasteiger partial charge >= 0.3 is 0 Å². The Hall–Kier alpha value is 0.250. The van der Waals surface area contributed by atoms with E-state index in [0.29, 0.717) is 6.04 Å². The topological polar surface area (TPSA) is 24.9 Å². The summed E-state index contributed by atoms with van der Waals surface area (Å²) < 4.78 is 2.31. The molecule has 0 bridgehead atoms. The largest absolute Gasteiger partial charge is 0.301 e. The zero-order valence-electron chi connectivity index (χ0n) is 10.8. The molecule has 20 heavy (non-hydrogen) atoms. The second-order valence-corrected chi connectivity index (χ2v) is 9.79. The SMILES string of the molecule is Brc1cc(C(NC2CC2)c2nc3c(s2)CCC3)sc1Br. The highest BCUT2D eigenvalue weighted by Crippen LogP contribution is 2.41. The van der Waals surface area contributed by atoms with E-state index in [1.54, 1.807) is 11.3 Å². The molecule has 1 atom stereocenters. The summed E-state index contributed by atoms with van der Waals surface area (Å²) in [7, 11) is 0. The highest BCUT2D eigenvalue weighted by Gasteiger charge is 2.30. The van der Waals surface area contributed by atoms with Gasteiger partial charge in [-0.25, -0.2) is 4.98 Å². The monoisotopic (exact) mass is 432 g/mol. The van der Waals surface area contributed by atoms with E-state index >= 15 is 0 Å². The Labute approximate surface area is 143 Å². The van der Waals surface area contributed by atoms with E-state index < -0.39 is 0 Å². The molecule has 1 N–H and O–H groups in total. The van der Waals surface area contributed by atoms with Crippen LogP contribution in [0.5, 0.6) is 0 Å². The quantitative estimate of drug-likeness (QED) is 0.728. The molecular weight excluding hydrogens is 420 g/mol. The Morgan fingerprint density at radius 1 is 1.25 bits per heavy atom. The van der Waals surface area contributed by atoms with Crippen molar-refractivity contribution in [1.82, 2.24) is 10.3 Å². The maximum atomic E-state index is 4.92. The van der Waals surface area contributed by atoms with E-state index in [1.807, 2.05) is 11.3 Å². The molecule has 6 heteroatoms. The molecule has 2 nitrogen and oxygen atoms in total. The average Bonchev–Trinajstić information content (AvgIpc) is 2.82. The predicted molar refractivity (Wildman–Crippen MR) is 91.9 cm³/mol. The number of thiophene rings is 1. The second-order valence-electron chi connectivity index (χ2n) is 5.42. The Balaban J connectivity index is 1.69. The van der Waals surface area contributed by atoms with Crippen molar-refractivity contribution in [2.24, 2.45) is 0 Å². The summed E-state index contributed by atoms with van der Waals surface area (Å²) >= 11 is 10.9. The number of rotatable bonds is 4. The Kier molecular flexibility index (Phi) is 3.79. The van der Waals surface area contributed by atoms with Gasteiger partial charge in [0.2, 0.25) is 0 Å². The van der Waals surface area contributed by atoms with Crippen LogP contribution in [0.4, 0.5) is 0 Å². The van der Waals surface area contributed by atoms with Crippen LogP contribution in [-0.4, -0.2) is 11.0 Å². The van der Waals surface area contributed by atoms with Crippen LogP contribution in [0.3, 0.4) is 0 Å². The minimum atomic E-state index is 0.269. The first-order valence-corrected chi connectivity index (χ1v) is 10.1. The van der Waals surface area contributed by atoms with Gasteiger partial charge in [-0.3, -0.25) is 0 Å². The first-order chi connectivity index (χ1) is 9.70. The van der Waals surface area contributed by atoms with Crippen LogP contribution < -0.4 is 5.32 Å². The van der Waals surface area contributed by atoms with Crippen molar-refractivity contribution in [3.05, 3.63) is 34.8 Å². The van der Waals surface area contributed by atoms with E-state index in [-0.39, 0.29) is 6.04 Å². The van der Waals surface area contributed by atoms with Crippen LogP contribution in [-0.2, 0) is 12.8 Å². The molecule has 1 fully saturated rings. The molecule has 4 rings (SSSR count). The van der Waals surface area contributed by atoms with Gasteiger partial charge in [0.25, 0.3) is 0 Å². The molecule has 0 amide bonds. The van der Waals surface area contributed by atoms with Gasteiger partial charge in [-0.05, 0) is 70.0 Å². The highest BCUT2D eigenvalue weighted by atomic mass is 79.9. The molecule has 0 aliphatic heterocycles.